The molecule has 4 rings (SSSR count). The monoisotopic (exact) mass is 667 g/mol. The first-order chi connectivity index (χ1) is 19.8. The van der Waals surface area contributed by atoms with E-state index in [0.717, 1.165) is 38.6 Å². The average Bonchev–Trinajstić information content (AvgIpc) is 2.95. The topological polar surface area (TPSA) is 140 Å². The molecule has 1 fully saturated rings. The quantitative estimate of drug-likeness (QED) is 0.291. The zero-order valence-corrected chi connectivity index (χ0v) is 24.2. The highest BCUT2D eigenvalue weighted by molar-refractivity contribution is 9.10. The number of piperazine rings is 1. The van der Waals surface area contributed by atoms with Gasteiger partial charge in [0.2, 0.25) is 15.9 Å². The van der Waals surface area contributed by atoms with Crippen LogP contribution in [0.3, 0.4) is 0 Å². The molecule has 1 amide bonds. The van der Waals surface area contributed by atoms with Gasteiger partial charge in [-0.15, -0.1) is 13.2 Å². The molecule has 2 heterocycles. The molecule has 11 nitrogen and oxygen atoms in total. The maximum absolute atomic E-state index is 13.6. The largest absolute Gasteiger partial charge is 0.573 e. The van der Waals surface area contributed by atoms with Crippen molar-refractivity contribution in [1.29, 1.82) is 5.41 Å². The van der Waals surface area contributed by atoms with Crippen molar-refractivity contribution in [3.05, 3.63) is 82.7 Å². The number of halogens is 4. The Morgan fingerprint density at radius 1 is 1.21 bits per heavy atom. The van der Waals surface area contributed by atoms with Crippen LogP contribution in [0.5, 0.6) is 5.75 Å². The number of nitrogens with one attached hydrogen (secondary N) is 3. The van der Waals surface area contributed by atoms with Gasteiger partial charge >= 0.3 is 6.36 Å². The van der Waals surface area contributed by atoms with Gasteiger partial charge in [-0.25, -0.2) is 18.4 Å². The summed E-state index contributed by atoms with van der Waals surface area (Å²) in [5.74, 6) is -1.27. The van der Waals surface area contributed by atoms with Crippen molar-refractivity contribution in [3.63, 3.8) is 0 Å². The minimum Gasteiger partial charge on any atom is -0.406 e. The highest BCUT2D eigenvalue weighted by Gasteiger charge is 2.41. The van der Waals surface area contributed by atoms with Gasteiger partial charge in [-0.2, -0.15) is 4.31 Å². The number of amidine groups is 1. The third-order valence-electron chi connectivity index (χ3n) is 6.16. The molecule has 0 aliphatic carbocycles. The van der Waals surface area contributed by atoms with E-state index in [2.05, 4.69) is 47.9 Å². The first-order valence-electron chi connectivity index (χ1n) is 12.3. The molecule has 0 saturated carbocycles. The van der Waals surface area contributed by atoms with Crippen molar-refractivity contribution in [1.82, 2.24) is 19.8 Å². The Hall–Kier alpha value is -4.02. The lowest BCUT2D eigenvalue weighted by atomic mass is 10.1. The fraction of sp³-hybridized carbons (Fsp3) is 0.231. The molecule has 1 saturated heterocycles. The van der Waals surface area contributed by atoms with Gasteiger partial charge in [0.25, 0.3) is 0 Å². The third kappa shape index (κ3) is 7.83. The predicted octanol–water partition coefficient (Wildman–Crippen LogP) is 3.37. The van der Waals surface area contributed by atoms with Crippen molar-refractivity contribution in [3.8, 4) is 5.75 Å². The van der Waals surface area contributed by atoms with E-state index in [9.17, 15) is 26.4 Å². The normalized spacial score (nSPS) is 18.0. The summed E-state index contributed by atoms with van der Waals surface area (Å²) >= 11 is 3.34. The van der Waals surface area contributed by atoms with Crippen molar-refractivity contribution in [2.75, 3.05) is 19.6 Å². The number of rotatable bonds is 8. The van der Waals surface area contributed by atoms with Crippen LogP contribution in [0, 0.1) is 5.41 Å². The lowest BCUT2D eigenvalue weighted by molar-refractivity contribution is -0.274. The molecule has 2 aliphatic rings. The molecule has 0 spiro atoms. The van der Waals surface area contributed by atoms with Crippen LogP contribution in [0.2, 0.25) is 0 Å². The Labute approximate surface area is 248 Å². The Kier molecular flexibility index (Phi) is 9.48. The van der Waals surface area contributed by atoms with E-state index >= 15 is 0 Å². The lowest BCUT2D eigenvalue weighted by Gasteiger charge is -2.40. The van der Waals surface area contributed by atoms with E-state index in [1.807, 2.05) is 0 Å². The van der Waals surface area contributed by atoms with Gasteiger partial charge in [-0.1, -0.05) is 34.6 Å². The number of benzene rings is 2. The van der Waals surface area contributed by atoms with Gasteiger partial charge < -0.3 is 20.3 Å². The molecular weight excluding hydrogens is 643 g/mol. The minimum atomic E-state index is -4.94. The van der Waals surface area contributed by atoms with Gasteiger partial charge in [-0.05, 0) is 42.0 Å². The molecule has 2 aliphatic heterocycles. The molecule has 2 aromatic carbocycles. The maximum atomic E-state index is 13.6. The second-order valence-electron chi connectivity index (χ2n) is 9.00. The van der Waals surface area contributed by atoms with E-state index in [1.165, 1.54) is 23.7 Å². The summed E-state index contributed by atoms with van der Waals surface area (Å²) < 4.78 is 70.5. The van der Waals surface area contributed by atoms with Crippen LogP contribution in [0.25, 0.3) is 0 Å². The number of carbonyl (C=O) groups excluding carboxylic acids is 1. The van der Waals surface area contributed by atoms with Crippen molar-refractivity contribution in [2.24, 2.45) is 9.98 Å². The van der Waals surface area contributed by atoms with E-state index < -0.39 is 34.1 Å². The molecule has 0 radical (unpaired) electrons. The van der Waals surface area contributed by atoms with Crippen LogP contribution in [0.4, 0.5) is 13.2 Å². The second kappa shape index (κ2) is 12.9. The van der Waals surface area contributed by atoms with Crippen LogP contribution < -0.4 is 15.4 Å². The molecule has 222 valence electrons. The van der Waals surface area contributed by atoms with Crippen molar-refractivity contribution < 1.29 is 31.1 Å². The number of alkyl halides is 3. The van der Waals surface area contributed by atoms with Crippen molar-refractivity contribution in [2.45, 2.75) is 23.8 Å². The summed E-state index contributed by atoms with van der Waals surface area (Å²) in [5, 5.41) is 14.0. The van der Waals surface area contributed by atoms with Gasteiger partial charge in [-0.3, -0.25) is 10.2 Å². The first-order valence-corrected chi connectivity index (χ1v) is 14.5. The Morgan fingerprint density at radius 2 is 1.90 bits per heavy atom. The van der Waals surface area contributed by atoms with Crippen LogP contribution in [0.15, 0.2) is 92.1 Å². The number of hydrogen-bond donors (Lipinski definition) is 3. The van der Waals surface area contributed by atoms with E-state index in [1.54, 1.807) is 24.3 Å². The van der Waals surface area contributed by atoms with Gasteiger partial charge in [0.05, 0.1) is 29.3 Å². The molecule has 0 aromatic heterocycles. The number of aliphatic imine (C=N–C) groups is 2. The van der Waals surface area contributed by atoms with Gasteiger partial charge in [0, 0.05) is 30.7 Å². The van der Waals surface area contributed by atoms with Crippen LogP contribution in [-0.2, 0) is 21.4 Å². The first kappa shape index (κ1) is 30.9. The Bertz CT molecular complexity index is 1540. The average molecular weight is 668 g/mol. The zero-order valence-electron chi connectivity index (χ0n) is 21.8. The summed E-state index contributed by atoms with van der Waals surface area (Å²) in [6.07, 6.45) is -0.801. The highest BCUT2D eigenvalue weighted by Crippen LogP contribution is 2.27. The number of nitrogens with zero attached hydrogens (tertiary/aromatic N) is 4. The molecular formula is C26H25BrF3N7O4S. The van der Waals surface area contributed by atoms with Gasteiger partial charge in [0.1, 0.15) is 23.3 Å². The lowest BCUT2D eigenvalue weighted by Crippen LogP contribution is -2.61. The summed E-state index contributed by atoms with van der Waals surface area (Å²) in [5.41, 5.74) is 1.64. The fourth-order valence-corrected chi connectivity index (χ4v) is 5.88. The smallest absolute Gasteiger partial charge is 0.406 e. The van der Waals surface area contributed by atoms with E-state index in [0.29, 0.717) is 11.4 Å². The zero-order chi connectivity index (χ0) is 30.5. The summed E-state index contributed by atoms with van der Waals surface area (Å²) in [6.45, 7) is 3.60. The van der Waals surface area contributed by atoms with Crippen molar-refractivity contribution >= 4 is 50.2 Å². The van der Waals surface area contributed by atoms with Crippen LogP contribution in [-0.4, -0.2) is 74.0 Å². The van der Waals surface area contributed by atoms with Crippen LogP contribution >= 0.6 is 15.9 Å². The Balaban J connectivity index is 1.55. The van der Waals surface area contributed by atoms with Crippen LogP contribution in [0.1, 0.15) is 5.56 Å². The Morgan fingerprint density at radius 3 is 2.55 bits per heavy atom. The molecule has 1 atom stereocenters. The van der Waals surface area contributed by atoms with E-state index in [4.69, 9.17) is 5.41 Å². The standard InChI is InChI=1S/C26H25BrF3N7O4S/c1-17-22(13-32-16-35-17)33-14-24(31)36-10-11-37(23(15-36)25(38)34-12-18-2-4-19(27)5-3-18)42(39,40)21-8-6-20(7-9-21)41-26(28,29)30/h2-9,13-14,16,23,31H,1,10-12,15H2,(H,32,35)(H,34,38)/t23-/m1/s1. The fourth-order valence-electron chi connectivity index (χ4n) is 4.04. The minimum absolute atomic E-state index is 0.0479. The maximum Gasteiger partial charge on any atom is 0.573 e. The number of amides is 1. The highest BCUT2D eigenvalue weighted by atomic mass is 79.9. The molecule has 3 N–H and O–H groups in total. The molecule has 16 heteroatoms. The van der Waals surface area contributed by atoms with Gasteiger partial charge in [0.15, 0.2) is 0 Å². The molecule has 0 unspecified atom stereocenters. The number of ether oxygens (including phenoxy) is 1. The van der Waals surface area contributed by atoms with E-state index in [-0.39, 0.29) is 36.9 Å². The predicted molar refractivity (Wildman–Crippen MR) is 153 cm³/mol. The summed E-state index contributed by atoms with van der Waals surface area (Å²) in [4.78, 5) is 22.7. The molecule has 42 heavy (non-hydrogen) atoms. The number of carbonyl (C=O) groups is 1. The number of hydrogen-bond acceptors (Lipinski definition) is 8. The summed E-state index contributed by atoms with van der Waals surface area (Å²) in [7, 11) is -4.34. The SMILES string of the molecule is C=C1NC=NC=C1N=CC(=N)N1CCN(S(=O)(=O)c2ccc(OC(F)(F)F)cc2)[C@@H](C(=O)NCc2ccc(Br)cc2)C1. The summed E-state index contributed by atoms with van der Waals surface area (Å²) in [6, 6.07) is 9.64. The molecule has 0 bridgehead atoms. The number of sulfonamides is 1. The third-order valence-corrected chi connectivity index (χ3v) is 8.61. The second-order valence-corrected chi connectivity index (χ2v) is 11.8. The molecule has 2 aromatic rings.